The third kappa shape index (κ3) is 3.27. The van der Waals surface area contributed by atoms with Crippen LogP contribution in [0.15, 0.2) is 0 Å². The first kappa shape index (κ1) is 11.5. The minimum atomic E-state index is -0.176. The summed E-state index contributed by atoms with van der Waals surface area (Å²) < 4.78 is 5.22. The fourth-order valence-corrected chi connectivity index (χ4v) is 1.23. The van der Waals surface area contributed by atoms with Crippen molar-refractivity contribution in [2.75, 3.05) is 19.8 Å². The summed E-state index contributed by atoms with van der Waals surface area (Å²) in [6, 6.07) is 0.0381. The number of hydrogen-bond acceptors (Lipinski definition) is 3. The maximum Gasteiger partial charge on any atom is 0.239 e. The van der Waals surface area contributed by atoms with Gasteiger partial charge in [-0.3, -0.25) is 4.79 Å². The molecule has 4 heteroatoms. The van der Waals surface area contributed by atoms with E-state index in [9.17, 15) is 4.79 Å². The van der Waals surface area contributed by atoms with E-state index in [1.807, 2.05) is 6.92 Å². The zero-order valence-corrected chi connectivity index (χ0v) is 9.17. The summed E-state index contributed by atoms with van der Waals surface area (Å²) in [4.78, 5) is 11.7. The molecule has 0 aromatic carbocycles. The van der Waals surface area contributed by atoms with Gasteiger partial charge in [-0.1, -0.05) is 13.8 Å². The van der Waals surface area contributed by atoms with Crippen LogP contribution in [-0.4, -0.2) is 37.7 Å². The Morgan fingerprint density at radius 1 is 1.50 bits per heavy atom. The molecule has 1 rings (SSSR count). The van der Waals surface area contributed by atoms with Crippen molar-refractivity contribution in [1.29, 1.82) is 0 Å². The summed E-state index contributed by atoms with van der Waals surface area (Å²) >= 11 is 0. The van der Waals surface area contributed by atoms with E-state index < -0.39 is 0 Å². The summed E-state index contributed by atoms with van der Waals surface area (Å²) in [5.74, 6) is 0.509. The fraction of sp³-hybridized carbons (Fsp3) is 0.900. The van der Waals surface area contributed by atoms with E-state index in [-0.39, 0.29) is 18.0 Å². The Bertz CT molecular complexity index is 189. The smallest absolute Gasteiger partial charge is 0.239 e. The van der Waals surface area contributed by atoms with Crippen LogP contribution in [0.4, 0.5) is 0 Å². The number of hydrogen-bond donors (Lipinski definition) is 2. The van der Waals surface area contributed by atoms with Crippen LogP contribution in [0.2, 0.25) is 0 Å². The zero-order valence-electron chi connectivity index (χ0n) is 9.17. The van der Waals surface area contributed by atoms with Crippen LogP contribution in [-0.2, 0) is 9.53 Å². The molecule has 2 N–H and O–H groups in total. The molecule has 0 aromatic rings. The van der Waals surface area contributed by atoms with Crippen molar-refractivity contribution in [3.63, 3.8) is 0 Å². The monoisotopic (exact) mass is 200 g/mol. The molecular weight excluding hydrogens is 180 g/mol. The van der Waals surface area contributed by atoms with E-state index in [0.717, 1.165) is 6.54 Å². The number of carbonyl (C=O) groups excluding carboxylic acids is 1. The Labute approximate surface area is 85.4 Å². The van der Waals surface area contributed by atoms with Crippen LogP contribution >= 0.6 is 0 Å². The van der Waals surface area contributed by atoms with Gasteiger partial charge in [0.25, 0.3) is 0 Å². The average Bonchev–Trinajstić information content (AvgIpc) is 2.19. The lowest BCUT2D eigenvalue weighted by atomic mass is 10.1. The molecule has 1 saturated heterocycles. The number of morpholine rings is 1. The minimum Gasteiger partial charge on any atom is -0.378 e. The standard InChI is InChI=1S/C10H20N2O2/c1-7(2)8(3)12-10(13)9-6-14-5-4-11-9/h7-9,11H,4-6H2,1-3H3,(H,12,13)/t8?,9-/m1/s1. The van der Waals surface area contributed by atoms with E-state index in [1.165, 1.54) is 0 Å². The molecule has 2 atom stereocenters. The molecule has 1 fully saturated rings. The third-order valence-electron chi connectivity index (χ3n) is 2.61. The molecule has 0 spiro atoms. The summed E-state index contributed by atoms with van der Waals surface area (Å²) in [5, 5.41) is 6.09. The third-order valence-corrected chi connectivity index (χ3v) is 2.61. The van der Waals surface area contributed by atoms with Crippen molar-refractivity contribution in [2.45, 2.75) is 32.9 Å². The first-order chi connectivity index (χ1) is 6.61. The Morgan fingerprint density at radius 2 is 2.21 bits per heavy atom. The quantitative estimate of drug-likeness (QED) is 0.681. The first-order valence-corrected chi connectivity index (χ1v) is 5.22. The normalized spacial score (nSPS) is 24.7. The summed E-state index contributed by atoms with van der Waals surface area (Å²) in [6.45, 7) is 8.14. The second kappa shape index (κ2) is 5.32. The number of nitrogens with one attached hydrogen (secondary N) is 2. The minimum absolute atomic E-state index is 0.0471. The molecule has 1 heterocycles. The summed E-state index contributed by atoms with van der Waals surface area (Å²) in [5.41, 5.74) is 0. The van der Waals surface area contributed by atoms with Crippen molar-refractivity contribution < 1.29 is 9.53 Å². The maximum absolute atomic E-state index is 11.7. The second-order valence-corrected chi connectivity index (χ2v) is 4.12. The Morgan fingerprint density at radius 3 is 2.71 bits per heavy atom. The van der Waals surface area contributed by atoms with Crippen molar-refractivity contribution >= 4 is 5.91 Å². The van der Waals surface area contributed by atoms with Gasteiger partial charge in [-0.2, -0.15) is 0 Å². The summed E-state index contributed by atoms with van der Waals surface area (Å²) in [7, 11) is 0. The molecule has 1 amide bonds. The van der Waals surface area contributed by atoms with Crippen LogP contribution in [0, 0.1) is 5.92 Å². The van der Waals surface area contributed by atoms with Crippen molar-refractivity contribution in [3.8, 4) is 0 Å². The number of rotatable bonds is 3. The zero-order chi connectivity index (χ0) is 10.6. The highest BCUT2D eigenvalue weighted by atomic mass is 16.5. The molecule has 0 radical (unpaired) electrons. The Kier molecular flexibility index (Phi) is 4.35. The van der Waals surface area contributed by atoms with Gasteiger partial charge in [0, 0.05) is 12.6 Å². The Balaban J connectivity index is 2.33. The van der Waals surface area contributed by atoms with Crippen molar-refractivity contribution in [2.24, 2.45) is 5.92 Å². The van der Waals surface area contributed by atoms with Gasteiger partial charge in [0.1, 0.15) is 6.04 Å². The topological polar surface area (TPSA) is 50.4 Å². The lowest BCUT2D eigenvalue weighted by molar-refractivity contribution is -0.126. The van der Waals surface area contributed by atoms with E-state index in [1.54, 1.807) is 0 Å². The van der Waals surface area contributed by atoms with Gasteiger partial charge in [-0.05, 0) is 12.8 Å². The molecular formula is C10H20N2O2. The molecule has 0 bridgehead atoms. The average molecular weight is 200 g/mol. The Hall–Kier alpha value is -0.610. The molecule has 0 aromatic heterocycles. The second-order valence-electron chi connectivity index (χ2n) is 4.12. The molecule has 0 aliphatic carbocycles. The fourth-order valence-electron chi connectivity index (χ4n) is 1.23. The lowest BCUT2D eigenvalue weighted by Gasteiger charge is -2.25. The van der Waals surface area contributed by atoms with Gasteiger partial charge in [0.05, 0.1) is 13.2 Å². The van der Waals surface area contributed by atoms with Crippen LogP contribution in [0.1, 0.15) is 20.8 Å². The van der Waals surface area contributed by atoms with Crippen molar-refractivity contribution in [1.82, 2.24) is 10.6 Å². The van der Waals surface area contributed by atoms with E-state index in [2.05, 4.69) is 24.5 Å². The predicted octanol–water partition coefficient (Wildman–Crippen LogP) is 0.136. The van der Waals surface area contributed by atoms with Crippen LogP contribution in [0.3, 0.4) is 0 Å². The molecule has 4 nitrogen and oxygen atoms in total. The van der Waals surface area contributed by atoms with Gasteiger partial charge in [0.15, 0.2) is 0 Å². The van der Waals surface area contributed by atoms with Crippen molar-refractivity contribution in [3.05, 3.63) is 0 Å². The van der Waals surface area contributed by atoms with Gasteiger partial charge < -0.3 is 15.4 Å². The predicted molar refractivity (Wildman–Crippen MR) is 55.1 cm³/mol. The largest absolute Gasteiger partial charge is 0.378 e. The first-order valence-electron chi connectivity index (χ1n) is 5.22. The maximum atomic E-state index is 11.7. The lowest BCUT2D eigenvalue weighted by Crippen LogP contribution is -2.53. The van der Waals surface area contributed by atoms with E-state index in [4.69, 9.17) is 4.74 Å². The molecule has 14 heavy (non-hydrogen) atoms. The van der Waals surface area contributed by atoms with Crippen LogP contribution in [0.25, 0.3) is 0 Å². The highest BCUT2D eigenvalue weighted by Gasteiger charge is 2.22. The summed E-state index contributed by atoms with van der Waals surface area (Å²) in [6.07, 6.45) is 0. The van der Waals surface area contributed by atoms with Gasteiger partial charge in [-0.25, -0.2) is 0 Å². The van der Waals surface area contributed by atoms with Gasteiger partial charge >= 0.3 is 0 Å². The molecule has 1 aliphatic rings. The molecule has 82 valence electrons. The highest BCUT2D eigenvalue weighted by molar-refractivity contribution is 5.82. The number of ether oxygens (including phenoxy) is 1. The van der Waals surface area contributed by atoms with Gasteiger partial charge in [-0.15, -0.1) is 0 Å². The SMILES string of the molecule is CC(C)C(C)NC(=O)[C@H]1COCCN1. The van der Waals surface area contributed by atoms with E-state index in [0.29, 0.717) is 19.1 Å². The number of carbonyl (C=O) groups is 1. The number of amides is 1. The molecule has 1 aliphatic heterocycles. The van der Waals surface area contributed by atoms with Crippen LogP contribution < -0.4 is 10.6 Å². The highest BCUT2D eigenvalue weighted by Crippen LogP contribution is 2.01. The molecule has 1 unspecified atom stereocenters. The van der Waals surface area contributed by atoms with Crippen LogP contribution in [0.5, 0.6) is 0 Å². The van der Waals surface area contributed by atoms with Gasteiger partial charge in [0.2, 0.25) is 5.91 Å². The molecule has 0 saturated carbocycles. The van der Waals surface area contributed by atoms with E-state index >= 15 is 0 Å².